The second kappa shape index (κ2) is 3.73. The normalized spacial score (nSPS) is 31.0. The molecule has 72 valence electrons. The fraction of sp³-hybridized carbons (Fsp3) is 1.00. The van der Waals surface area contributed by atoms with E-state index in [4.69, 9.17) is 14.6 Å². The summed E-state index contributed by atoms with van der Waals surface area (Å²) in [6, 6.07) is 0. The first kappa shape index (κ1) is 9.96. The lowest BCUT2D eigenvalue weighted by atomic mass is 9.96. The first-order valence-electron chi connectivity index (χ1n) is 4.42. The molecular formula is C9H18O3. The van der Waals surface area contributed by atoms with Crippen molar-refractivity contribution in [3.63, 3.8) is 0 Å². The predicted octanol–water partition coefficient (Wildman–Crippen LogP) is 1.16. The predicted molar refractivity (Wildman–Crippen MR) is 45.8 cm³/mol. The van der Waals surface area contributed by atoms with Crippen LogP contribution in [0, 0.1) is 5.41 Å². The van der Waals surface area contributed by atoms with Crippen LogP contribution in [0.5, 0.6) is 0 Å². The number of rotatable bonds is 2. The van der Waals surface area contributed by atoms with Gasteiger partial charge >= 0.3 is 0 Å². The Kier molecular flexibility index (Phi) is 3.09. The number of hydrogen-bond acceptors (Lipinski definition) is 3. The van der Waals surface area contributed by atoms with Crippen LogP contribution >= 0.6 is 0 Å². The zero-order valence-electron chi connectivity index (χ0n) is 8.04. The minimum atomic E-state index is -0.117. The van der Waals surface area contributed by atoms with E-state index in [1.807, 2.05) is 0 Å². The summed E-state index contributed by atoms with van der Waals surface area (Å²) in [6.07, 6.45) is 0.639. The first-order valence-corrected chi connectivity index (χ1v) is 4.42. The van der Waals surface area contributed by atoms with Crippen LogP contribution in [0.2, 0.25) is 0 Å². The molecule has 1 saturated heterocycles. The van der Waals surface area contributed by atoms with Crippen LogP contribution in [-0.2, 0) is 9.47 Å². The summed E-state index contributed by atoms with van der Waals surface area (Å²) in [5.74, 6) is 0. The Balaban J connectivity index is 2.35. The monoisotopic (exact) mass is 174 g/mol. The van der Waals surface area contributed by atoms with Gasteiger partial charge in [-0.1, -0.05) is 20.8 Å². The van der Waals surface area contributed by atoms with E-state index >= 15 is 0 Å². The van der Waals surface area contributed by atoms with Crippen molar-refractivity contribution in [1.82, 2.24) is 0 Å². The van der Waals surface area contributed by atoms with Gasteiger partial charge in [0, 0.05) is 12.0 Å². The zero-order chi connectivity index (χ0) is 9.19. The summed E-state index contributed by atoms with van der Waals surface area (Å²) in [5.41, 5.74) is 0.0320. The molecule has 2 atom stereocenters. The van der Waals surface area contributed by atoms with Gasteiger partial charge in [-0.05, 0) is 6.42 Å². The lowest BCUT2D eigenvalue weighted by molar-refractivity contribution is -0.125. The summed E-state index contributed by atoms with van der Waals surface area (Å²) in [6.45, 7) is 7.03. The van der Waals surface area contributed by atoms with Crippen LogP contribution in [0.25, 0.3) is 0 Å². The Hall–Kier alpha value is -0.120. The van der Waals surface area contributed by atoms with Gasteiger partial charge in [0.15, 0.2) is 6.29 Å². The minimum absolute atomic E-state index is 0.0320. The van der Waals surface area contributed by atoms with E-state index < -0.39 is 0 Å². The van der Waals surface area contributed by atoms with Crippen LogP contribution < -0.4 is 0 Å². The van der Waals surface area contributed by atoms with Gasteiger partial charge in [0.1, 0.15) is 0 Å². The van der Waals surface area contributed by atoms with E-state index in [0.717, 1.165) is 0 Å². The third-order valence-corrected chi connectivity index (χ3v) is 1.91. The van der Waals surface area contributed by atoms with Gasteiger partial charge in [0.2, 0.25) is 0 Å². The van der Waals surface area contributed by atoms with E-state index in [1.165, 1.54) is 0 Å². The number of ether oxygens (including phenoxy) is 2. The zero-order valence-corrected chi connectivity index (χ0v) is 8.04. The molecule has 0 radical (unpaired) electrons. The molecule has 0 amide bonds. The fourth-order valence-electron chi connectivity index (χ4n) is 1.20. The molecule has 1 aliphatic rings. The molecule has 0 aliphatic carbocycles. The molecule has 3 nitrogen and oxygen atoms in total. The topological polar surface area (TPSA) is 38.7 Å². The molecule has 0 spiro atoms. The minimum Gasteiger partial charge on any atom is -0.396 e. The van der Waals surface area contributed by atoms with Crippen LogP contribution in [0.15, 0.2) is 0 Å². The molecule has 2 unspecified atom stereocenters. The van der Waals surface area contributed by atoms with Gasteiger partial charge in [-0.3, -0.25) is 0 Å². The molecule has 3 heteroatoms. The van der Waals surface area contributed by atoms with Crippen LogP contribution in [0.3, 0.4) is 0 Å². The van der Waals surface area contributed by atoms with E-state index in [1.54, 1.807) is 0 Å². The highest BCUT2D eigenvalue weighted by molar-refractivity contribution is 4.74. The van der Waals surface area contributed by atoms with Crippen molar-refractivity contribution in [3.05, 3.63) is 0 Å². The van der Waals surface area contributed by atoms with E-state index in [-0.39, 0.29) is 24.4 Å². The van der Waals surface area contributed by atoms with Gasteiger partial charge in [0.25, 0.3) is 0 Å². The molecule has 12 heavy (non-hydrogen) atoms. The molecule has 1 rings (SSSR count). The van der Waals surface area contributed by atoms with E-state index in [2.05, 4.69) is 20.8 Å². The van der Waals surface area contributed by atoms with Crippen LogP contribution in [0.1, 0.15) is 27.2 Å². The largest absolute Gasteiger partial charge is 0.396 e. The van der Waals surface area contributed by atoms with Gasteiger partial charge in [-0.15, -0.1) is 0 Å². The van der Waals surface area contributed by atoms with Crippen molar-refractivity contribution in [1.29, 1.82) is 0 Å². The maximum absolute atomic E-state index is 8.68. The average molecular weight is 174 g/mol. The third-order valence-electron chi connectivity index (χ3n) is 1.91. The highest BCUT2D eigenvalue weighted by Crippen LogP contribution is 2.29. The summed E-state index contributed by atoms with van der Waals surface area (Å²) in [7, 11) is 0. The lowest BCUT2D eigenvalue weighted by Gasteiger charge is -2.25. The van der Waals surface area contributed by atoms with Gasteiger partial charge in [-0.25, -0.2) is 0 Å². The highest BCUT2D eigenvalue weighted by atomic mass is 16.7. The van der Waals surface area contributed by atoms with Crippen molar-refractivity contribution in [2.45, 2.75) is 39.6 Å². The Morgan fingerprint density at radius 2 is 2.08 bits per heavy atom. The maximum Gasteiger partial charge on any atom is 0.162 e. The quantitative estimate of drug-likeness (QED) is 0.682. The molecular weight excluding hydrogens is 156 g/mol. The third kappa shape index (κ3) is 2.44. The Morgan fingerprint density at radius 3 is 2.50 bits per heavy atom. The number of hydrogen-bond donors (Lipinski definition) is 1. The van der Waals surface area contributed by atoms with E-state index in [0.29, 0.717) is 13.0 Å². The fourth-order valence-corrected chi connectivity index (χ4v) is 1.20. The second-order valence-electron chi connectivity index (χ2n) is 4.30. The standard InChI is InChI=1S/C9H18O3/c1-9(2,3)8-11-6-7(12-8)4-5-10/h7-8,10H,4-6H2,1-3H3. The average Bonchev–Trinajstić information content (AvgIpc) is 2.35. The van der Waals surface area contributed by atoms with Gasteiger partial charge < -0.3 is 14.6 Å². The van der Waals surface area contributed by atoms with Crippen molar-refractivity contribution >= 4 is 0 Å². The Bertz CT molecular complexity index is 139. The molecule has 1 fully saturated rings. The van der Waals surface area contributed by atoms with Crippen molar-refractivity contribution < 1.29 is 14.6 Å². The Labute approximate surface area is 73.7 Å². The molecule has 0 aromatic heterocycles. The first-order chi connectivity index (χ1) is 5.54. The SMILES string of the molecule is CC(C)(C)C1OCC(CCO)O1. The lowest BCUT2D eigenvalue weighted by Crippen LogP contribution is -2.27. The molecule has 1 heterocycles. The molecule has 0 aromatic carbocycles. The van der Waals surface area contributed by atoms with E-state index in [9.17, 15) is 0 Å². The molecule has 0 aromatic rings. The van der Waals surface area contributed by atoms with Crippen LogP contribution in [-0.4, -0.2) is 30.7 Å². The molecule has 0 bridgehead atoms. The number of aliphatic hydroxyl groups is 1. The van der Waals surface area contributed by atoms with Gasteiger partial charge in [0.05, 0.1) is 12.7 Å². The summed E-state index contributed by atoms with van der Waals surface area (Å²) >= 11 is 0. The summed E-state index contributed by atoms with van der Waals surface area (Å²) in [4.78, 5) is 0. The van der Waals surface area contributed by atoms with Crippen molar-refractivity contribution in [3.8, 4) is 0 Å². The highest BCUT2D eigenvalue weighted by Gasteiger charge is 2.34. The molecule has 1 N–H and O–H groups in total. The molecule has 0 saturated carbocycles. The maximum atomic E-state index is 8.68. The van der Waals surface area contributed by atoms with Crippen molar-refractivity contribution in [2.24, 2.45) is 5.41 Å². The summed E-state index contributed by atoms with van der Waals surface area (Å²) < 4.78 is 11.0. The van der Waals surface area contributed by atoms with Gasteiger partial charge in [-0.2, -0.15) is 0 Å². The smallest absolute Gasteiger partial charge is 0.162 e. The van der Waals surface area contributed by atoms with Crippen LogP contribution in [0.4, 0.5) is 0 Å². The summed E-state index contributed by atoms with van der Waals surface area (Å²) in [5, 5.41) is 8.68. The van der Waals surface area contributed by atoms with Crippen molar-refractivity contribution in [2.75, 3.05) is 13.2 Å². The molecule has 1 aliphatic heterocycles. The Morgan fingerprint density at radius 1 is 1.42 bits per heavy atom. The second-order valence-corrected chi connectivity index (χ2v) is 4.30. The number of aliphatic hydroxyl groups excluding tert-OH is 1.